The van der Waals surface area contributed by atoms with Gasteiger partial charge in [-0.05, 0) is 13.8 Å². The van der Waals surface area contributed by atoms with Crippen molar-refractivity contribution in [1.82, 2.24) is 8.61 Å². The zero-order valence-electron chi connectivity index (χ0n) is 10.0. The molecule has 0 saturated heterocycles. The van der Waals surface area contributed by atoms with E-state index in [0.29, 0.717) is 4.31 Å². The van der Waals surface area contributed by atoms with Gasteiger partial charge in [0, 0.05) is 26.2 Å². The molecule has 0 saturated carbocycles. The van der Waals surface area contributed by atoms with Gasteiger partial charge in [0.25, 0.3) is 10.2 Å². The Morgan fingerprint density at radius 1 is 1.29 bits per heavy atom. The number of nitrogens with zero attached hydrogens (tertiary/aromatic N) is 2. The van der Waals surface area contributed by atoms with E-state index < -0.39 is 29.0 Å². The van der Waals surface area contributed by atoms with Gasteiger partial charge in [-0.15, -0.1) is 0 Å². The van der Waals surface area contributed by atoms with Crippen molar-refractivity contribution in [3.8, 4) is 0 Å². The lowest BCUT2D eigenvalue weighted by Gasteiger charge is -2.29. The van der Waals surface area contributed by atoms with E-state index in [2.05, 4.69) is 0 Å². The lowest BCUT2D eigenvalue weighted by Crippen LogP contribution is -2.49. The van der Waals surface area contributed by atoms with Crippen LogP contribution in [0.5, 0.6) is 0 Å². The third-order valence-electron chi connectivity index (χ3n) is 2.15. The summed E-state index contributed by atoms with van der Waals surface area (Å²) in [5, 5.41) is 0. The highest BCUT2D eigenvalue weighted by atomic mass is 32.2. The molecule has 0 fully saturated rings. The zero-order chi connectivity index (χ0) is 13.9. The van der Waals surface area contributed by atoms with Crippen LogP contribution in [0.2, 0.25) is 0 Å². The predicted octanol–water partition coefficient (Wildman–Crippen LogP) is 0.394. The van der Waals surface area contributed by atoms with Crippen LogP contribution < -0.4 is 5.73 Å². The summed E-state index contributed by atoms with van der Waals surface area (Å²) in [6.07, 6.45) is -4.58. The van der Waals surface area contributed by atoms with Gasteiger partial charge in [-0.3, -0.25) is 0 Å². The van der Waals surface area contributed by atoms with Gasteiger partial charge in [-0.1, -0.05) is 0 Å². The van der Waals surface area contributed by atoms with Crippen molar-refractivity contribution in [2.45, 2.75) is 26.1 Å². The molecule has 0 aromatic rings. The van der Waals surface area contributed by atoms with Gasteiger partial charge < -0.3 is 5.73 Å². The molecule has 0 aromatic heterocycles. The topological polar surface area (TPSA) is 66.6 Å². The predicted molar refractivity (Wildman–Crippen MR) is 58.5 cm³/mol. The SMILES string of the molecule is CC(C)N(C)S(=O)(=O)N(CCN)CC(F)(F)F. The Kier molecular flexibility index (Phi) is 5.85. The van der Waals surface area contributed by atoms with Crippen LogP contribution in [0.15, 0.2) is 0 Å². The van der Waals surface area contributed by atoms with Crippen LogP contribution in [0, 0.1) is 0 Å². The fraction of sp³-hybridized carbons (Fsp3) is 1.00. The summed E-state index contributed by atoms with van der Waals surface area (Å²) in [7, 11) is -2.89. The molecule has 5 nitrogen and oxygen atoms in total. The maximum absolute atomic E-state index is 12.3. The van der Waals surface area contributed by atoms with Crippen molar-refractivity contribution >= 4 is 10.2 Å². The summed E-state index contributed by atoms with van der Waals surface area (Å²) in [5.74, 6) is 0. The number of hydrogen-bond acceptors (Lipinski definition) is 3. The van der Waals surface area contributed by atoms with Gasteiger partial charge in [0.05, 0.1) is 0 Å². The van der Waals surface area contributed by atoms with Gasteiger partial charge in [0.1, 0.15) is 6.54 Å². The fourth-order valence-electron chi connectivity index (χ4n) is 1.07. The highest BCUT2D eigenvalue weighted by molar-refractivity contribution is 7.86. The van der Waals surface area contributed by atoms with Gasteiger partial charge in [-0.25, -0.2) is 0 Å². The van der Waals surface area contributed by atoms with E-state index in [1.165, 1.54) is 7.05 Å². The molecule has 17 heavy (non-hydrogen) atoms. The molecule has 0 atom stereocenters. The second kappa shape index (κ2) is 5.98. The maximum Gasteiger partial charge on any atom is 0.402 e. The lowest BCUT2D eigenvalue weighted by atomic mass is 10.4. The number of alkyl halides is 3. The van der Waals surface area contributed by atoms with Crippen LogP contribution >= 0.6 is 0 Å². The minimum Gasteiger partial charge on any atom is -0.329 e. The molecule has 0 heterocycles. The third-order valence-corrected chi connectivity index (χ3v) is 4.27. The number of nitrogens with two attached hydrogens (primary N) is 1. The van der Waals surface area contributed by atoms with Gasteiger partial charge in [0.2, 0.25) is 0 Å². The normalized spacial score (nSPS) is 14.0. The number of hydrogen-bond donors (Lipinski definition) is 1. The molecule has 0 radical (unpaired) electrons. The molecule has 0 aliphatic heterocycles. The Morgan fingerprint density at radius 3 is 2.06 bits per heavy atom. The van der Waals surface area contributed by atoms with Crippen molar-refractivity contribution < 1.29 is 21.6 Å². The van der Waals surface area contributed by atoms with Crippen molar-refractivity contribution in [2.75, 3.05) is 26.7 Å². The van der Waals surface area contributed by atoms with Crippen LogP contribution in [0.4, 0.5) is 13.2 Å². The van der Waals surface area contributed by atoms with Gasteiger partial charge in [-0.2, -0.15) is 30.2 Å². The van der Waals surface area contributed by atoms with Crippen molar-refractivity contribution in [3.05, 3.63) is 0 Å². The Morgan fingerprint density at radius 2 is 1.76 bits per heavy atom. The van der Waals surface area contributed by atoms with E-state index in [1.807, 2.05) is 0 Å². The highest BCUT2D eigenvalue weighted by Crippen LogP contribution is 2.20. The van der Waals surface area contributed by atoms with E-state index in [0.717, 1.165) is 4.31 Å². The Balaban J connectivity index is 5.05. The van der Waals surface area contributed by atoms with Crippen LogP contribution in [0.3, 0.4) is 0 Å². The molecule has 104 valence electrons. The standard InChI is InChI=1S/C8H18F3N3O2S/c1-7(2)13(3)17(15,16)14(5-4-12)6-8(9,10)11/h7H,4-6,12H2,1-3H3. The van der Waals surface area contributed by atoms with Gasteiger partial charge >= 0.3 is 6.18 Å². The summed E-state index contributed by atoms with van der Waals surface area (Å²) < 4.78 is 61.7. The monoisotopic (exact) mass is 277 g/mol. The van der Waals surface area contributed by atoms with Crippen LogP contribution in [0.1, 0.15) is 13.8 Å². The molecule has 0 aromatic carbocycles. The first-order valence-electron chi connectivity index (χ1n) is 5.02. The van der Waals surface area contributed by atoms with Gasteiger partial charge in [0.15, 0.2) is 0 Å². The van der Waals surface area contributed by atoms with Crippen molar-refractivity contribution in [3.63, 3.8) is 0 Å². The molecule has 0 aliphatic carbocycles. The summed E-state index contributed by atoms with van der Waals surface area (Å²) in [6.45, 7) is 1.10. The van der Waals surface area contributed by atoms with E-state index in [4.69, 9.17) is 5.73 Å². The fourth-order valence-corrected chi connectivity index (χ4v) is 2.61. The van der Waals surface area contributed by atoms with E-state index in [9.17, 15) is 21.6 Å². The van der Waals surface area contributed by atoms with E-state index >= 15 is 0 Å². The lowest BCUT2D eigenvalue weighted by molar-refractivity contribution is -0.136. The van der Waals surface area contributed by atoms with Crippen molar-refractivity contribution in [2.24, 2.45) is 5.73 Å². The zero-order valence-corrected chi connectivity index (χ0v) is 10.8. The molecule has 0 bridgehead atoms. The molecule has 0 unspecified atom stereocenters. The second-order valence-electron chi connectivity index (χ2n) is 3.86. The quantitative estimate of drug-likeness (QED) is 0.764. The molecular weight excluding hydrogens is 259 g/mol. The van der Waals surface area contributed by atoms with E-state index in [-0.39, 0.29) is 13.1 Å². The molecule has 0 spiro atoms. The molecule has 0 amide bonds. The largest absolute Gasteiger partial charge is 0.402 e. The Labute approximate surface area is 99.5 Å². The van der Waals surface area contributed by atoms with Crippen molar-refractivity contribution in [1.29, 1.82) is 0 Å². The smallest absolute Gasteiger partial charge is 0.329 e. The summed E-state index contributed by atoms with van der Waals surface area (Å²) in [4.78, 5) is 0. The molecule has 0 aliphatic rings. The first kappa shape index (κ1) is 16.6. The highest BCUT2D eigenvalue weighted by Gasteiger charge is 2.38. The molecule has 2 N–H and O–H groups in total. The molecule has 9 heteroatoms. The van der Waals surface area contributed by atoms with E-state index in [1.54, 1.807) is 13.8 Å². The average molecular weight is 277 g/mol. The Bertz CT molecular complexity index is 329. The van der Waals surface area contributed by atoms with Crippen LogP contribution in [-0.2, 0) is 10.2 Å². The van der Waals surface area contributed by atoms with Crippen LogP contribution in [-0.4, -0.2) is 55.9 Å². The maximum atomic E-state index is 12.3. The first-order valence-corrected chi connectivity index (χ1v) is 6.42. The number of rotatable bonds is 6. The van der Waals surface area contributed by atoms with Crippen LogP contribution in [0.25, 0.3) is 0 Å². The summed E-state index contributed by atoms with van der Waals surface area (Å²) >= 11 is 0. The Hall–Kier alpha value is -0.380. The summed E-state index contributed by atoms with van der Waals surface area (Å²) in [5.41, 5.74) is 5.13. The molecular formula is C8H18F3N3O2S. The third kappa shape index (κ3) is 5.19. The molecule has 0 rings (SSSR count). The first-order chi connectivity index (χ1) is 7.52. The minimum atomic E-state index is -4.58. The minimum absolute atomic E-state index is 0.165. The second-order valence-corrected chi connectivity index (χ2v) is 5.84. The summed E-state index contributed by atoms with van der Waals surface area (Å²) in [6, 6.07) is -0.423. The number of halogens is 3. The average Bonchev–Trinajstić information content (AvgIpc) is 2.13.